The van der Waals surface area contributed by atoms with Crippen LogP contribution in [0.2, 0.25) is 15.1 Å². The molecule has 7 heteroatoms. The van der Waals surface area contributed by atoms with Gasteiger partial charge in [0.05, 0.1) is 15.1 Å². The van der Waals surface area contributed by atoms with Crippen LogP contribution in [0.5, 0.6) is 5.75 Å². The second kappa shape index (κ2) is 6.52. The number of carbonyl (C=O) groups is 1. The fraction of sp³-hybridized carbons (Fsp3) is 0.0714. The molecule has 0 atom stereocenters. The molecular weight excluding hydrogens is 340 g/mol. The van der Waals surface area contributed by atoms with Gasteiger partial charge in [-0.15, -0.1) is 0 Å². The summed E-state index contributed by atoms with van der Waals surface area (Å²) in [6.45, 7) is 0.138. The molecule has 21 heavy (non-hydrogen) atoms. The monoisotopic (exact) mass is 347 g/mol. The highest BCUT2D eigenvalue weighted by Gasteiger charge is 2.20. The zero-order valence-corrected chi connectivity index (χ0v) is 12.7. The van der Waals surface area contributed by atoms with Crippen LogP contribution in [-0.4, -0.2) is 11.0 Å². The summed E-state index contributed by atoms with van der Waals surface area (Å²) in [5, 5.41) is 12.3. The van der Waals surface area contributed by atoms with Gasteiger partial charge in [-0.2, -0.15) is 0 Å². The van der Waals surface area contributed by atoms with Crippen molar-refractivity contribution in [2.75, 3.05) is 0 Å². The van der Waals surface area contributed by atoms with Crippen molar-refractivity contribution in [3.63, 3.8) is 0 Å². The molecule has 0 fully saturated rings. The number of hydrogen-bond acceptors (Lipinski definition) is 2. The lowest BCUT2D eigenvalue weighted by Gasteiger charge is -2.11. The molecule has 2 aromatic carbocycles. The third kappa shape index (κ3) is 3.59. The van der Waals surface area contributed by atoms with Gasteiger partial charge >= 0.3 is 0 Å². The number of rotatable bonds is 3. The highest BCUT2D eigenvalue weighted by atomic mass is 35.5. The fourth-order valence-corrected chi connectivity index (χ4v) is 2.36. The number of nitrogens with one attached hydrogen (secondary N) is 1. The van der Waals surface area contributed by atoms with Crippen molar-refractivity contribution in [3.05, 3.63) is 62.3 Å². The highest BCUT2D eigenvalue weighted by Crippen LogP contribution is 2.38. The molecule has 2 N–H and O–H groups in total. The largest absolute Gasteiger partial charge is 0.505 e. The van der Waals surface area contributed by atoms with E-state index in [0.29, 0.717) is 5.56 Å². The molecule has 0 aliphatic carbocycles. The minimum atomic E-state index is -0.633. The molecule has 0 aliphatic heterocycles. The molecule has 0 unspecified atom stereocenters. The molecular formula is C14H9Cl3FNO2. The van der Waals surface area contributed by atoms with Crippen LogP contribution in [0.4, 0.5) is 4.39 Å². The molecule has 3 nitrogen and oxygen atoms in total. The number of hydrogen-bond donors (Lipinski definition) is 2. The van der Waals surface area contributed by atoms with Crippen molar-refractivity contribution < 1.29 is 14.3 Å². The van der Waals surface area contributed by atoms with Crippen molar-refractivity contribution in [2.45, 2.75) is 6.54 Å². The second-order valence-corrected chi connectivity index (χ2v) is 5.38. The molecule has 0 saturated carbocycles. The average molecular weight is 349 g/mol. The van der Waals surface area contributed by atoms with Crippen molar-refractivity contribution in [1.82, 2.24) is 5.32 Å². The molecule has 0 saturated heterocycles. The summed E-state index contributed by atoms with van der Waals surface area (Å²) in [5.41, 5.74) is 0.491. The Morgan fingerprint density at radius 2 is 1.76 bits per heavy atom. The Kier molecular flexibility index (Phi) is 4.93. The number of benzene rings is 2. The van der Waals surface area contributed by atoms with Crippen LogP contribution in [0.15, 0.2) is 30.3 Å². The predicted octanol–water partition coefficient (Wildman–Crippen LogP) is 4.42. The van der Waals surface area contributed by atoms with Crippen molar-refractivity contribution in [3.8, 4) is 5.75 Å². The number of halogens is 4. The summed E-state index contributed by atoms with van der Waals surface area (Å²) in [4.78, 5) is 12.1. The van der Waals surface area contributed by atoms with E-state index in [0.717, 1.165) is 0 Å². The summed E-state index contributed by atoms with van der Waals surface area (Å²) in [7, 11) is 0. The van der Waals surface area contributed by atoms with E-state index >= 15 is 0 Å². The van der Waals surface area contributed by atoms with E-state index in [1.807, 2.05) is 0 Å². The fourth-order valence-electron chi connectivity index (χ4n) is 1.67. The lowest BCUT2D eigenvalue weighted by atomic mass is 10.1. The van der Waals surface area contributed by atoms with Gasteiger partial charge in [-0.05, 0) is 23.8 Å². The number of phenolic OH excluding ortho intramolecular Hbond substituents is 1. The van der Waals surface area contributed by atoms with Crippen LogP contribution in [0.1, 0.15) is 15.9 Å². The minimum Gasteiger partial charge on any atom is -0.505 e. The number of phenols is 1. The lowest BCUT2D eigenvalue weighted by molar-refractivity contribution is 0.0948. The summed E-state index contributed by atoms with van der Waals surface area (Å²) >= 11 is 17.5. The number of aromatic hydroxyl groups is 1. The SMILES string of the molecule is O=C(NCc1ccc(F)cc1)c1c(O)c(Cl)cc(Cl)c1Cl. The Balaban J connectivity index is 2.19. The Hall–Kier alpha value is -1.49. The third-order valence-corrected chi connectivity index (χ3v) is 3.81. The zero-order chi connectivity index (χ0) is 15.6. The Bertz CT molecular complexity index is 663. The summed E-state index contributed by atoms with van der Waals surface area (Å²) in [5.74, 6) is -1.44. The van der Waals surface area contributed by atoms with Gasteiger partial charge in [0, 0.05) is 6.54 Å². The zero-order valence-electron chi connectivity index (χ0n) is 10.5. The lowest BCUT2D eigenvalue weighted by Crippen LogP contribution is -2.23. The van der Waals surface area contributed by atoms with Crippen molar-refractivity contribution in [1.29, 1.82) is 0 Å². The van der Waals surface area contributed by atoms with Gasteiger partial charge < -0.3 is 10.4 Å². The topological polar surface area (TPSA) is 49.3 Å². The van der Waals surface area contributed by atoms with Crippen molar-refractivity contribution in [2.24, 2.45) is 0 Å². The summed E-state index contributed by atoms with van der Waals surface area (Å²) in [6, 6.07) is 6.87. The maximum absolute atomic E-state index is 12.8. The summed E-state index contributed by atoms with van der Waals surface area (Å²) in [6.07, 6.45) is 0. The van der Waals surface area contributed by atoms with Gasteiger partial charge in [0.1, 0.15) is 17.1 Å². The quantitative estimate of drug-likeness (QED) is 0.807. The molecule has 0 aromatic heterocycles. The van der Waals surface area contributed by atoms with Gasteiger partial charge in [0.25, 0.3) is 5.91 Å². The number of carbonyl (C=O) groups excluding carboxylic acids is 1. The van der Waals surface area contributed by atoms with Crippen LogP contribution < -0.4 is 5.32 Å². The molecule has 0 radical (unpaired) electrons. The van der Waals surface area contributed by atoms with Gasteiger partial charge in [0.15, 0.2) is 0 Å². The standard InChI is InChI=1S/C14H9Cl3FNO2/c15-9-5-10(16)13(20)11(12(9)17)14(21)19-6-7-1-3-8(18)4-2-7/h1-5,20H,6H2,(H,19,21). The summed E-state index contributed by atoms with van der Waals surface area (Å²) < 4.78 is 12.8. The third-order valence-electron chi connectivity index (χ3n) is 2.74. The van der Waals surface area contributed by atoms with Crippen LogP contribution in [-0.2, 0) is 6.54 Å². The minimum absolute atomic E-state index is 0.0615. The van der Waals surface area contributed by atoms with Gasteiger partial charge in [-0.1, -0.05) is 46.9 Å². The van der Waals surface area contributed by atoms with Crippen LogP contribution in [0.25, 0.3) is 0 Å². The first-order valence-corrected chi connectivity index (χ1v) is 6.92. The molecule has 0 spiro atoms. The van der Waals surface area contributed by atoms with Gasteiger partial charge in [0.2, 0.25) is 0 Å². The number of amides is 1. The smallest absolute Gasteiger partial charge is 0.256 e. The normalized spacial score (nSPS) is 10.5. The van der Waals surface area contributed by atoms with E-state index in [1.165, 1.54) is 30.3 Å². The predicted molar refractivity (Wildman–Crippen MR) is 80.7 cm³/mol. The van der Waals surface area contributed by atoms with Crippen LogP contribution in [0.3, 0.4) is 0 Å². The van der Waals surface area contributed by atoms with Crippen molar-refractivity contribution >= 4 is 40.7 Å². The maximum atomic E-state index is 12.8. The molecule has 0 bridgehead atoms. The average Bonchev–Trinajstić information content (AvgIpc) is 2.45. The Labute approximate surface area is 135 Å². The van der Waals surface area contributed by atoms with E-state index in [9.17, 15) is 14.3 Å². The first kappa shape index (κ1) is 15.9. The maximum Gasteiger partial charge on any atom is 0.256 e. The van der Waals surface area contributed by atoms with E-state index in [-0.39, 0.29) is 33.0 Å². The molecule has 2 aromatic rings. The molecule has 0 aliphatic rings. The van der Waals surface area contributed by atoms with E-state index in [4.69, 9.17) is 34.8 Å². The molecule has 2 rings (SSSR count). The Morgan fingerprint density at radius 3 is 2.38 bits per heavy atom. The van der Waals surface area contributed by atoms with Crippen LogP contribution in [0, 0.1) is 5.82 Å². The molecule has 1 amide bonds. The molecule has 110 valence electrons. The second-order valence-electron chi connectivity index (χ2n) is 4.19. The first-order chi connectivity index (χ1) is 9.90. The molecule has 0 heterocycles. The van der Waals surface area contributed by atoms with Gasteiger partial charge in [-0.25, -0.2) is 4.39 Å². The van der Waals surface area contributed by atoms with Gasteiger partial charge in [-0.3, -0.25) is 4.79 Å². The first-order valence-electron chi connectivity index (χ1n) is 5.79. The van der Waals surface area contributed by atoms with Crippen LogP contribution >= 0.6 is 34.8 Å². The van der Waals surface area contributed by atoms with E-state index in [2.05, 4.69) is 5.32 Å². The van der Waals surface area contributed by atoms with E-state index < -0.39 is 11.7 Å². The Morgan fingerprint density at radius 1 is 1.14 bits per heavy atom. The van der Waals surface area contributed by atoms with E-state index in [1.54, 1.807) is 0 Å². The highest BCUT2D eigenvalue weighted by molar-refractivity contribution is 6.45.